The molecule has 0 amide bonds. The van der Waals surface area contributed by atoms with Crippen LogP contribution in [-0.2, 0) is 11.3 Å². The van der Waals surface area contributed by atoms with E-state index in [1.807, 2.05) is 12.3 Å². The van der Waals surface area contributed by atoms with Gasteiger partial charge in [0.05, 0.1) is 6.10 Å². The monoisotopic (exact) mass is 408 g/mol. The van der Waals surface area contributed by atoms with Crippen molar-refractivity contribution in [2.75, 3.05) is 0 Å². The van der Waals surface area contributed by atoms with Gasteiger partial charge in [-0.05, 0) is 92.9 Å². The second kappa shape index (κ2) is 7.29. The average molecular weight is 409 g/mol. The minimum Gasteiger partial charge on any atom is -0.393 e. The summed E-state index contributed by atoms with van der Waals surface area (Å²) in [5.41, 5.74) is 3.19. The van der Waals surface area contributed by atoms with E-state index in [9.17, 15) is 9.90 Å². The molecule has 1 aromatic rings. The lowest BCUT2D eigenvalue weighted by Crippen LogP contribution is -2.51. The van der Waals surface area contributed by atoms with Gasteiger partial charge in [-0.1, -0.05) is 25.5 Å². The molecule has 1 heterocycles. The quantitative estimate of drug-likeness (QED) is 0.577. The number of hydrogen-bond acceptors (Lipinski definition) is 2. The molecule has 0 aliphatic heterocycles. The molecule has 1 aromatic heterocycles. The summed E-state index contributed by atoms with van der Waals surface area (Å²) in [5, 5.41) is 10.2. The Morgan fingerprint density at radius 2 is 2.00 bits per heavy atom. The van der Waals surface area contributed by atoms with Crippen LogP contribution in [0.1, 0.15) is 70.8 Å². The van der Waals surface area contributed by atoms with Crippen LogP contribution in [0.2, 0.25) is 0 Å². The van der Waals surface area contributed by atoms with E-state index in [0.717, 1.165) is 43.9 Å². The van der Waals surface area contributed by atoms with Crippen LogP contribution in [0.15, 0.2) is 36.2 Å². The van der Waals surface area contributed by atoms with Gasteiger partial charge in [0, 0.05) is 17.5 Å². The molecule has 0 radical (unpaired) electrons. The van der Waals surface area contributed by atoms with Gasteiger partial charge < -0.3 is 5.11 Å². The summed E-state index contributed by atoms with van der Waals surface area (Å²) in [6.07, 6.45) is 15.3. The molecule has 162 valence electrons. The van der Waals surface area contributed by atoms with E-state index >= 15 is 0 Å². The van der Waals surface area contributed by atoms with Crippen molar-refractivity contribution in [2.24, 2.45) is 34.5 Å². The maximum absolute atomic E-state index is 13.4. The van der Waals surface area contributed by atoms with Crippen molar-refractivity contribution < 1.29 is 14.5 Å². The second-order valence-corrected chi connectivity index (χ2v) is 11.4. The van der Waals surface area contributed by atoms with Crippen LogP contribution in [-0.4, -0.2) is 17.0 Å². The Morgan fingerprint density at radius 1 is 1.17 bits per heavy atom. The molecule has 4 aliphatic rings. The van der Waals surface area contributed by atoms with Crippen molar-refractivity contribution in [3.8, 4) is 0 Å². The number of ketones is 1. The second-order valence-electron chi connectivity index (χ2n) is 11.4. The van der Waals surface area contributed by atoms with Crippen LogP contribution in [0.25, 0.3) is 0 Å². The third kappa shape index (κ3) is 3.11. The van der Waals surface area contributed by atoms with Gasteiger partial charge in [-0.2, -0.15) is 4.57 Å². The highest BCUT2D eigenvalue weighted by Gasteiger charge is 2.59. The van der Waals surface area contributed by atoms with Crippen molar-refractivity contribution in [3.05, 3.63) is 41.7 Å². The number of nitrogens with zero attached hydrogens (tertiary/aromatic N) is 1. The predicted octanol–water partition coefficient (Wildman–Crippen LogP) is 4.79. The van der Waals surface area contributed by atoms with Crippen molar-refractivity contribution in [3.63, 3.8) is 0 Å². The Morgan fingerprint density at radius 3 is 2.80 bits per heavy atom. The number of aliphatic hydroxyl groups is 1. The fraction of sp³-hybridized carbons (Fsp3) is 0.704. The summed E-state index contributed by atoms with van der Waals surface area (Å²) in [4.78, 5) is 13.4. The molecule has 3 fully saturated rings. The topological polar surface area (TPSA) is 41.2 Å². The number of carbonyl (C=O) groups excluding carboxylic acids is 1. The molecule has 3 nitrogen and oxygen atoms in total. The number of allylic oxidation sites excluding steroid dienone is 1. The van der Waals surface area contributed by atoms with Crippen LogP contribution in [0, 0.1) is 41.4 Å². The lowest BCUT2D eigenvalue weighted by molar-refractivity contribution is -0.685. The predicted molar refractivity (Wildman–Crippen MR) is 118 cm³/mol. The highest BCUT2D eigenvalue weighted by molar-refractivity contribution is 5.81. The zero-order valence-electron chi connectivity index (χ0n) is 18.9. The zero-order chi connectivity index (χ0) is 21.1. The molecule has 30 heavy (non-hydrogen) atoms. The number of aryl methyl sites for hydroxylation is 1. The third-order valence-electron chi connectivity index (χ3n) is 9.81. The van der Waals surface area contributed by atoms with Crippen molar-refractivity contribution in [2.45, 2.75) is 84.8 Å². The van der Waals surface area contributed by atoms with E-state index < -0.39 is 0 Å². The molecular formula is C27H38NO2+. The van der Waals surface area contributed by atoms with Crippen molar-refractivity contribution in [1.29, 1.82) is 0 Å². The number of pyridine rings is 1. The van der Waals surface area contributed by atoms with E-state index in [1.165, 1.54) is 30.4 Å². The van der Waals surface area contributed by atoms with Gasteiger partial charge >= 0.3 is 0 Å². The lowest BCUT2D eigenvalue weighted by Gasteiger charge is -2.57. The van der Waals surface area contributed by atoms with E-state index in [4.69, 9.17) is 0 Å². The first kappa shape index (κ1) is 20.4. The molecule has 3 saturated carbocycles. The highest BCUT2D eigenvalue weighted by atomic mass is 16.3. The third-order valence-corrected chi connectivity index (χ3v) is 9.81. The fourth-order valence-electron chi connectivity index (χ4n) is 8.21. The van der Waals surface area contributed by atoms with Gasteiger partial charge in [0.15, 0.2) is 12.4 Å². The summed E-state index contributed by atoms with van der Waals surface area (Å²) in [7, 11) is 0. The number of rotatable bonds is 3. The molecule has 0 bridgehead atoms. The number of carbonyl (C=O) groups is 1. The average Bonchev–Trinajstić information content (AvgIpc) is 3.06. The molecule has 3 heteroatoms. The van der Waals surface area contributed by atoms with Crippen LogP contribution >= 0.6 is 0 Å². The minimum absolute atomic E-state index is 0.137. The summed E-state index contributed by atoms with van der Waals surface area (Å²) in [6, 6.07) is 4.13. The SMILES string of the molecule is Cc1ccc[n+](CC(=O)[C@H]2CC[C@H]3[C@@H]4CC=C5C[C@@H](O)CC[C@]5(C)[C@H]4CC[C@]23C)c1. The molecule has 0 unspecified atom stereocenters. The largest absolute Gasteiger partial charge is 0.393 e. The Labute approximate surface area is 181 Å². The smallest absolute Gasteiger partial charge is 0.206 e. The van der Waals surface area contributed by atoms with Crippen LogP contribution in [0.4, 0.5) is 0 Å². The van der Waals surface area contributed by atoms with Crippen LogP contribution in [0.5, 0.6) is 0 Å². The van der Waals surface area contributed by atoms with Gasteiger partial charge in [-0.3, -0.25) is 4.79 Å². The molecule has 5 rings (SSSR count). The van der Waals surface area contributed by atoms with E-state index in [1.54, 1.807) is 0 Å². The Bertz CT molecular complexity index is 875. The van der Waals surface area contributed by atoms with Gasteiger partial charge in [0.25, 0.3) is 0 Å². The maximum atomic E-state index is 13.4. The first-order valence-corrected chi connectivity index (χ1v) is 12.2. The Hall–Kier alpha value is -1.48. The minimum atomic E-state index is -0.137. The van der Waals surface area contributed by atoms with Gasteiger partial charge in [-0.25, -0.2) is 0 Å². The molecular weight excluding hydrogens is 370 g/mol. The summed E-state index contributed by atoms with van der Waals surface area (Å²) in [6.45, 7) is 7.53. The molecule has 0 spiro atoms. The normalized spacial score (nSPS) is 42.7. The molecule has 0 saturated heterocycles. The molecule has 7 atom stereocenters. The van der Waals surface area contributed by atoms with E-state index in [-0.39, 0.29) is 22.9 Å². The summed E-state index contributed by atoms with van der Waals surface area (Å²) >= 11 is 0. The van der Waals surface area contributed by atoms with Crippen LogP contribution < -0.4 is 4.57 Å². The molecule has 1 N–H and O–H groups in total. The zero-order valence-corrected chi connectivity index (χ0v) is 18.9. The van der Waals surface area contributed by atoms with Crippen LogP contribution in [0.3, 0.4) is 0 Å². The molecule has 4 aliphatic carbocycles. The van der Waals surface area contributed by atoms with Crippen molar-refractivity contribution in [1.82, 2.24) is 0 Å². The standard InChI is InChI=1S/C27H38NO2/c1-18-5-4-14-28(16-18)17-25(30)24-9-8-22-21-7-6-19-15-20(29)10-12-26(19,2)23(21)11-13-27(22,24)3/h4-6,14,16,20-24,29H,7-13,15,17H2,1-3H3/q+1/t20-,21-,22-,23-,24+,26-,27-/m0/s1. The number of fused-ring (bicyclic) bond motifs is 5. The number of Topliss-reactive ketones (excluding diaryl/α,β-unsaturated/α-hetero) is 1. The van der Waals surface area contributed by atoms with Gasteiger partial charge in [-0.15, -0.1) is 0 Å². The van der Waals surface area contributed by atoms with Gasteiger partial charge in [0.2, 0.25) is 12.3 Å². The number of aliphatic hydroxyl groups excluding tert-OH is 1. The lowest BCUT2D eigenvalue weighted by atomic mass is 9.47. The summed E-state index contributed by atoms with van der Waals surface area (Å²) < 4.78 is 2.07. The first-order valence-electron chi connectivity index (χ1n) is 12.2. The highest BCUT2D eigenvalue weighted by Crippen LogP contribution is 2.66. The first-order chi connectivity index (χ1) is 14.3. The fourth-order valence-corrected chi connectivity index (χ4v) is 8.21. The van der Waals surface area contributed by atoms with E-state index in [0.29, 0.717) is 18.2 Å². The van der Waals surface area contributed by atoms with Crippen molar-refractivity contribution >= 4 is 5.78 Å². The van der Waals surface area contributed by atoms with Gasteiger partial charge in [0.1, 0.15) is 0 Å². The number of aromatic nitrogens is 1. The maximum Gasteiger partial charge on any atom is 0.206 e. The molecule has 0 aromatic carbocycles. The Balaban J connectivity index is 1.37. The number of hydrogen-bond donors (Lipinski definition) is 1. The summed E-state index contributed by atoms with van der Waals surface area (Å²) in [5.74, 6) is 2.78. The Kier molecular flexibility index (Phi) is 4.96. The van der Waals surface area contributed by atoms with E-state index in [2.05, 4.69) is 43.7 Å².